The second kappa shape index (κ2) is 9.69. The molecule has 8 aromatic carbocycles. The molecule has 0 unspecified atom stereocenters. The highest BCUT2D eigenvalue weighted by atomic mass is 15.0. The van der Waals surface area contributed by atoms with Gasteiger partial charge in [0.25, 0.3) is 0 Å². The SMILES string of the molecule is c1cc(-c2cccc(-n3c4ccccc4c4ccc5ccccc5c43)c2)cc(-n2c3ccccc3c3ccc4ccccc4c32)c1. The highest BCUT2D eigenvalue weighted by molar-refractivity contribution is 6.19. The Bertz CT molecular complexity index is 2620. The van der Waals surface area contributed by atoms with Crippen LogP contribution in [0.5, 0.6) is 0 Å². The van der Waals surface area contributed by atoms with Crippen LogP contribution < -0.4 is 0 Å². The standard InChI is InChI=1S/C44H28N2/c1-3-17-35-29(11-1)23-25-39-37-19-5-7-21-41(37)45(43(35)39)33-15-9-13-31(27-33)32-14-10-16-34(28-32)46-42-22-8-6-20-38(42)40-26-24-30-12-2-4-18-36(30)44(40)46/h1-28H. The summed E-state index contributed by atoms with van der Waals surface area (Å²) in [5.74, 6) is 0. The molecule has 0 saturated carbocycles. The Morgan fingerprint density at radius 1 is 0.283 bits per heavy atom. The van der Waals surface area contributed by atoms with Gasteiger partial charge in [0.2, 0.25) is 0 Å². The third-order valence-corrected chi connectivity index (χ3v) is 9.66. The number of fused-ring (bicyclic) bond motifs is 10. The normalized spacial score (nSPS) is 11.9. The van der Waals surface area contributed by atoms with Crippen molar-refractivity contribution < 1.29 is 0 Å². The topological polar surface area (TPSA) is 9.86 Å². The lowest BCUT2D eigenvalue weighted by Crippen LogP contribution is -1.96. The number of nitrogens with zero attached hydrogens (tertiary/aromatic N) is 2. The molecule has 0 fully saturated rings. The first-order valence-electron chi connectivity index (χ1n) is 15.9. The maximum absolute atomic E-state index is 2.44. The summed E-state index contributed by atoms with van der Waals surface area (Å²) in [6.07, 6.45) is 0. The van der Waals surface area contributed by atoms with E-state index in [1.165, 1.54) is 76.3 Å². The van der Waals surface area contributed by atoms with Gasteiger partial charge in [0, 0.05) is 43.7 Å². The van der Waals surface area contributed by atoms with Gasteiger partial charge in [-0.3, -0.25) is 0 Å². The first kappa shape index (κ1) is 25.2. The smallest absolute Gasteiger partial charge is 0.0619 e. The van der Waals surface area contributed by atoms with Crippen molar-refractivity contribution in [2.75, 3.05) is 0 Å². The van der Waals surface area contributed by atoms with Gasteiger partial charge in [-0.05, 0) is 58.3 Å². The van der Waals surface area contributed by atoms with Crippen LogP contribution in [0.2, 0.25) is 0 Å². The van der Waals surface area contributed by atoms with Crippen molar-refractivity contribution in [1.29, 1.82) is 0 Å². The van der Waals surface area contributed by atoms with Crippen molar-refractivity contribution in [3.05, 3.63) is 170 Å². The van der Waals surface area contributed by atoms with Gasteiger partial charge < -0.3 is 9.13 Å². The molecular formula is C44H28N2. The number of hydrogen-bond donors (Lipinski definition) is 0. The van der Waals surface area contributed by atoms with Crippen LogP contribution in [-0.4, -0.2) is 9.13 Å². The molecule has 2 heterocycles. The van der Waals surface area contributed by atoms with Gasteiger partial charge in [0.15, 0.2) is 0 Å². The molecular weight excluding hydrogens is 556 g/mol. The number of benzene rings is 8. The Morgan fingerprint density at radius 2 is 0.696 bits per heavy atom. The van der Waals surface area contributed by atoms with Crippen LogP contribution in [-0.2, 0) is 0 Å². The lowest BCUT2D eigenvalue weighted by atomic mass is 10.0. The minimum absolute atomic E-state index is 1.16. The average Bonchev–Trinajstić information content (AvgIpc) is 3.65. The summed E-state index contributed by atoms with van der Waals surface area (Å²) in [5, 5.41) is 10.1. The molecule has 10 aromatic rings. The summed E-state index contributed by atoms with van der Waals surface area (Å²) >= 11 is 0. The zero-order chi connectivity index (χ0) is 30.2. The maximum atomic E-state index is 2.44. The van der Waals surface area contributed by atoms with Gasteiger partial charge in [-0.1, -0.05) is 133 Å². The maximum Gasteiger partial charge on any atom is 0.0619 e. The molecule has 0 radical (unpaired) electrons. The van der Waals surface area contributed by atoms with Crippen molar-refractivity contribution in [2.24, 2.45) is 0 Å². The van der Waals surface area contributed by atoms with Gasteiger partial charge >= 0.3 is 0 Å². The molecule has 0 aliphatic heterocycles. The van der Waals surface area contributed by atoms with E-state index in [-0.39, 0.29) is 0 Å². The molecule has 0 aliphatic carbocycles. The van der Waals surface area contributed by atoms with Gasteiger partial charge in [-0.2, -0.15) is 0 Å². The van der Waals surface area contributed by atoms with Crippen molar-refractivity contribution in [3.8, 4) is 22.5 Å². The molecule has 0 atom stereocenters. The van der Waals surface area contributed by atoms with E-state index in [9.17, 15) is 0 Å². The summed E-state index contributed by atoms with van der Waals surface area (Å²) in [6, 6.07) is 62.0. The molecule has 2 aromatic heterocycles. The molecule has 0 spiro atoms. The van der Waals surface area contributed by atoms with Crippen molar-refractivity contribution in [3.63, 3.8) is 0 Å². The average molecular weight is 585 g/mol. The zero-order valence-electron chi connectivity index (χ0n) is 25.1. The number of aromatic nitrogens is 2. The van der Waals surface area contributed by atoms with Crippen LogP contribution >= 0.6 is 0 Å². The number of para-hydroxylation sites is 2. The molecule has 46 heavy (non-hydrogen) atoms. The molecule has 0 saturated heterocycles. The number of hydrogen-bond acceptors (Lipinski definition) is 0. The second-order valence-electron chi connectivity index (χ2n) is 12.2. The monoisotopic (exact) mass is 584 g/mol. The van der Waals surface area contributed by atoms with E-state index in [2.05, 4.69) is 179 Å². The summed E-state index contributed by atoms with van der Waals surface area (Å²) in [6.45, 7) is 0. The highest BCUT2D eigenvalue weighted by Gasteiger charge is 2.17. The van der Waals surface area contributed by atoms with E-state index in [0.29, 0.717) is 0 Å². The molecule has 2 nitrogen and oxygen atoms in total. The van der Waals surface area contributed by atoms with Gasteiger partial charge in [0.05, 0.1) is 22.1 Å². The first-order valence-corrected chi connectivity index (χ1v) is 15.9. The van der Waals surface area contributed by atoms with Crippen molar-refractivity contribution >= 4 is 65.2 Å². The highest BCUT2D eigenvalue weighted by Crippen LogP contribution is 2.39. The molecule has 2 heteroatoms. The molecule has 0 N–H and O–H groups in total. The van der Waals surface area contributed by atoms with Gasteiger partial charge in [-0.15, -0.1) is 0 Å². The van der Waals surface area contributed by atoms with Crippen LogP contribution in [0.3, 0.4) is 0 Å². The Labute approximate surface area is 266 Å². The Balaban J connectivity index is 1.20. The van der Waals surface area contributed by atoms with E-state index in [1.54, 1.807) is 0 Å². The number of rotatable bonds is 3. The van der Waals surface area contributed by atoms with E-state index >= 15 is 0 Å². The Kier molecular flexibility index (Phi) is 5.31. The molecule has 10 rings (SSSR count). The fourth-order valence-electron chi connectivity index (χ4n) is 7.65. The fourth-order valence-corrected chi connectivity index (χ4v) is 7.65. The molecule has 214 valence electrons. The molecule has 0 aliphatic rings. The quantitative estimate of drug-likeness (QED) is 0.195. The van der Waals surface area contributed by atoms with Crippen LogP contribution in [0.4, 0.5) is 0 Å². The van der Waals surface area contributed by atoms with E-state index in [4.69, 9.17) is 0 Å². The second-order valence-corrected chi connectivity index (χ2v) is 12.2. The minimum Gasteiger partial charge on any atom is -0.309 e. The Hall–Kier alpha value is -6.12. The van der Waals surface area contributed by atoms with Crippen molar-refractivity contribution in [2.45, 2.75) is 0 Å². The summed E-state index contributed by atoms with van der Waals surface area (Å²) in [4.78, 5) is 0. The zero-order valence-corrected chi connectivity index (χ0v) is 25.1. The first-order chi connectivity index (χ1) is 22.8. The Morgan fingerprint density at radius 3 is 1.17 bits per heavy atom. The fraction of sp³-hybridized carbons (Fsp3) is 0. The van der Waals surface area contributed by atoms with Gasteiger partial charge in [0.1, 0.15) is 0 Å². The van der Waals surface area contributed by atoms with Crippen LogP contribution in [0.1, 0.15) is 0 Å². The minimum atomic E-state index is 1.16. The van der Waals surface area contributed by atoms with Crippen LogP contribution in [0.25, 0.3) is 87.7 Å². The third kappa shape index (κ3) is 3.59. The molecule has 0 bridgehead atoms. The van der Waals surface area contributed by atoms with Gasteiger partial charge in [-0.25, -0.2) is 0 Å². The van der Waals surface area contributed by atoms with Crippen molar-refractivity contribution in [1.82, 2.24) is 9.13 Å². The van der Waals surface area contributed by atoms with Crippen LogP contribution in [0, 0.1) is 0 Å². The van der Waals surface area contributed by atoms with E-state index in [0.717, 1.165) is 11.4 Å². The van der Waals surface area contributed by atoms with Crippen LogP contribution in [0.15, 0.2) is 170 Å². The predicted octanol–water partition coefficient (Wildman–Crippen LogP) is 11.9. The predicted molar refractivity (Wildman–Crippen MR) is 196 cm³/mol. The lowest BCUT2D eigenvalue weighted by molar-refractivity contribution is 1.18. The molecule has 0 amide bonds. The summed E-state index contributed by atoms with van der Waals surface area (Å²) in [5.41, 5.74) is 9.65. The lowest BCUT2D eigenvalue weighted by Gasteiger charge is -2.14. The summed E-state index contributed by atoms with van der Waals surface area (Å²) < 4.78 is 4.89. The van der Waals surface area contributed by atoms with E-state index in [1.807, 2.05) is 0 Å². The largest absolute Gasteiger partial charge is 0.309 e. The third-order valence-electron chi connectivity index (χ3n) is 9.66. The summed E-state index contributed by atoms with van der Waals surface area (Å²) in [7, 11) is 0. The van der Waals surface area contributed by atoms with E-state index < -0.39 is 0 Å².